The highest BCUT2D eigenvalue weighted by Crippen LogP contribution is 2.35. The molecule has 21 heavy (non-hydrogen) atoms. The predicted molar refractivity (Wildman–Crippen MR) is 83.8 cm³/mol. The van der Waals surface area contributed by atoms with Gasteiger partial charge >= 0.3 is 5.97 Å². The number of aliphatic hydroxyl groups excluding tert-OH is 2. The van der Waals surface area contributed by atoms with E-state index < -0.39 is 43.8 Å². The molecular formula is C13H20Br2O6. The Hall–Kier alpha value is -0.310. The molecule has 0 radical (unpaired) electrons. The molecule has 6 nitrogen and oxygen atoms in total. The van der Waals surface area contributed by atoms with Crippen LogP contribution in [0.15, 0.2) is 0 Å². The van der Waals surface area contributed by atoms with Gasteiger partial charge in [0.1, 0.15) is 17.6 Å². The summed E-state index contributed by atoms with van der Waals surface area (Å²) in [5, 5.41) is 29.6. The SMILES string of the molecule is CC(C)(Br)C(=O)C(O)C(C)(C(=O)O)C(O)C(=O)C(C)(C)Br. The number of halogens is 2. The first-order valence-electron chi connectivity index (χ1n) is 6.14. The Morgan fingerprint density at radius 1 is 0.810 bits per heavy atom. The number of hydrogen-bond acceptors (Lipinski definition) is 5. The van der Waals surface area contributed by atoms with Crippen LogP contribution >= 0.6 is 31.9 Å². The van der Waals surface area contributed by atoms with Crippen molar-refractivity contribution in [3.05, 3.63) is 0 Å². The van der Waals surface area contributed by atoms with E-state index in [1.54, 1.807) is 0 Å². The number of aliphatic hydroxyl groups is 2. The number of Topliss-reactive ketones (excluding diaryl/α,β-unsaturated/α-hetero) is 2. The van der Waals surface area contributed by atoms with Crippen molar-refractivity contribution in [3.8, 4) is 0 Å². The van der Waals surface area contributed by atoms with E-state index in [9.17, 15) is 29.7 Å². The lowest BCUT2D eigenvalue weighted by Crippen LogP contribution is -2.59. The number of carboxylic acid groups (broad SMARTS) is 1. The van der Waals surface area contributed by atoms with Gasteiger partial charge in [-0.1, -0.05) is 31.9 Å². The van der Waals surface area contributed by atoms with Gasteiger partial charge in [0, 0.05) is 0 Å². The van der Waals surface area contributed by atoms with E-state index >= 15 is 0 Å². The van der Waals surface area contributed by atoms with Crippen LogP contribution in [0.4, 0.5) is 0 Å². The molecule has 0 saturated heterocycles. The van der Waals surface area contributed by atoms with Gasteiger partial charge in [-0.2, -0.15) is 0 Å². The van der Waals surface area contributed by atoms with Gasteiger partial charge in [0.05, 0.1) is 8.65 Å². The van der Waals surface area contributed by atoms with Crippen LogP contribution in [0.2, 0.25) is 0 Å². The van der Waals surface area contributed by atoms with Gasteiger partial charge in [0.15, 0.2) is 11.6 Å². The van der Waals surface area contributed by atoms with Crippen molar-refractivity contribution in [2.45, 2.75) is 55.5 Å². The molecule has 2 unspecified atom stereocenters. The van der Waals surface area contributed by atoms with Crippen molar-refractivity contribution in [1.82, 2.24) is 0 Å². The van der Waals surface area contributed by atoms with Gasteiger partial charge in [0.2, 0.25) is 0 Å². The molecule has 0 rings (SSSR count). The lowest BCUT2D eigenvalue weighted by molar-refractivity contribution is -0.175. The summed E-state index contributed by atoms with van der Waals surface area (Å²) in [6.07, 6.45) is -4.11. The third-order valence-electron chi connectivity index (χ3n) is 3.27. The zero-order chi connectivity index (χ0) is 17.4. The largest absolute Gasteiger partial charge is 0.481 e. The predicted octanol–water partition coefficient (Wildman–Crippen LogP) is 1.28. The molecule has 0 saturated carbocycles. The molecular weight excluding hydrogens is 412 g/mol. The Morgan fingerprint density at radius 3 is 1.19 bits per heavy atom. The summed E-state index contributed by atoms with van der Waals surface area (Å²) < 4.78 is -2.40. The van der Waals surface area contributed by atoms with Gasteiger partial charge in [0.25, 0.3) is 0 Å². The minimum absolute atomic E-state index is 0.841. The number of ketones is 2. The van der Waals surface area contributed by atoms with Gasteiger partial charge in [-0.05, 0) is 34.6 Å². The highest BCUT2D eigenvalue weighted by atomic mass is 79.9. The van der Waals surface area contributed by atoms with Gasteiger partial charge < -0.3 is 15.3 Å². The van der Waals surface area contributed by atoms with Crippen molar-refractivity contribution in [2.75, 3.05) is 0 Å². The van der Waals surface area contributed by atoms with Crippen molar-refractivity contribution in [2.24, 2.45) is 5.41 Å². The highest BCUT2D eigenvalue weighted by molar-refractivity contribution is 9.10. The summed E-state index contributed by atoms with van der Waals surface area (Å²) in [6.45, 7) is 6.71. The number of carbonyl (C=O) groups excluding carboxylic acids is 2. The van der Waals surface area contributed by atoms with E-state index in [0.717, 1.165) is 6.92 Å². The minimum atomic E-state index is -2.36. The maximum absolute atomic E-state index is 12.1. The van der Waals surface area contributed by atoms with Crippen LogP contribution in [0.3, 0.4) is 0 Å². The van der Waals surface area contributed by atoms with Gasteiger partial charge in [-0.3, -0.25) is 14.4 Å². The summed E-state index contributed by atoms with van der Waals surface area (Å²) in [6, 6.07) is 0. The van der Waals surface area contributed by atoms with E-state index in [2.05, 4.69) is 31.9 Å². The molecule has 3 N–H and O–H groups in total. The van der Waals surface area contributed by atoms with E-state index in [-0.39, 0.29) is 0 Å². The molecule has 0 bridgehead atoms. The molecule has 2 atom stereocenters. The van der Waals surface area contributed by atoms with Crippen molar-refractivity contribution in [3.63, 3.8) is 0 Å². The van der Waals surface area contributed by atoms with E-state index in [1.165, 1.54) is 27.7 Å². The van der Waals surface area contributed by atoms with E-state index in [4.69, 9.17) is 0 Å². The van der Waals surface area contributed by atoms with Crippen LogP contribution in [0.25, 0.3) is 0 Å². The second kappa shape index (κ2) is 6.44. The topological polar surface area (TPSA) is 112 Å². The maximum atomic E-state index is 12.1. The zero-order valence-corrected chi connectivity index (χ0v) is 15.6. The summed E-state index contributed by atoms with van der Waals surface area (Å²) in [5.41, 5.74) is -2.36. The fraction of sp³-hybridized carbons (Fsp3) is 0.769. The second-order valence-corrected chi connectivity index (χ2v) is 10.0. The molecule has 0 aromatic rings. The average Bonchev–Trinajstić information content (AvgIpc) is 2.31. The van der Waals surface area contributed by atoms with Crippen LogP contribution in [0.5, 0.6) is 0 Å². The van der Waals surface area contributed by atoms with Crippen LogP contribution in [-0.2, 0) is 14.4 Å². The Labute approximate surface area is 140 Å². The first kappa shape index (κ1) is 20.7. The standard InChI is InChI=1S/C13H20Br2O6/c1-11(2,14)6(16)8(18)13(5,10(20)21)9(19)7(17)12(3,4)15/h8-9,18-19H,1-5H3,(H,20,21). The molecule has 0 amide bonds. The molecule has 0 aromatic carbocycles. The van der Waals surface area contributed by atoms with Crippen LogP contribution in [-0.4, -0.2) is 53.7 Å². The first-order valence-corrected chi connectivity index (χ1v) is 7.72. The van der Waals surface area contributed by atoms with Crippen molar-refractivity contribution < 1.29 is 29.7 Å². The van der Waals surface area contributed by atoms with Crippen LogP contribution < -0.4 is 0 Å². The second-order valence-electron chi connectivity index (χ2n) is 6.07. The van der Waals surface area contributed by atoms with Gasteiger partial charge in [-0.15, -0.1) is 0 Å². The molecule has 0 aliphatic rings. The third-order valence-corrected chi connectivity index (χ3v) is 4.05. The molecule has 0 fully saturated rings. The quantitative estimate of drug-likeness (QED) is 0.523. The molecule has 8 heteroatoms. The zero-order valence-electron chi connectivity index (χ0n) is 12.5. The van der Waals surface area contributed by atoms with Crippen LogP contribution in [0, 0.1) is 5.41 Å². The molecule has 0 aliphatic heterocycles. The third kappa shape index (κ3) is 4.34. The summed E-state index contributed by atoms with van der Waals surface area (Å²) in [7, 11) is 0. The smallest absolute Gasteiger partial charge is 0.315 e. The summed E-state index contributed by atoms with van der Waals surface area (Å²) in [4.78, 5) is 35.7. The molecule has 0 spiro atoms. The average molecular weight is 432 g/mol. The normalized spacial score (nSPS) is 18.5. The minimum Gasteiger partial charge on any atom is -0.481 e. The van der Waals surface area contributed by atoms with Gasteiger partial charge in [-0.25, -0.2) is 0 Å². The molecule has 0 aliphatic carbocycles. The summed E-state index contributed by atoms with van der Waals surface area (Å²) in [5.74, 6) is -3.32. The number of rotatable bonds is 7. The molecule has 0 aromatic heterocycles. The monoisotopic (exact) mass is 430 g/mol. The van der Waals surface area contributed by atoms with E-state index in [1.807, 2.05) is 0 Å². The van der Waals surface area contributed by atoms with Crippen LogP contribution in [0.1, 0.15) is 34.6 Å². The fourth-order valence-corrected chi connectivity index (χ4v) is 2.01. The number of alkyl halides is 2. The number of hydrogen-bond donors (Lipinski definition) is 3. The number of carboxylic acids is 1. The molecule has 122 valence electrons. The number of carbonyl (C=O) groups is 3. The maximum Gasteiger partial charge on any atom is 0.315 e. The first-order chi connectivity index (χ1) is 9.07. The lowest BCUT2D eigenvalue weighted by Gasteiger charge is -2.36. The Balaban J connectivity index is 5.82. The van der Waals surface area contributed by atoms with E-state index in [0.29, 0.717) is 0 Å². The van der Waals surface area contributed by atoms with Crippen molar-refractivity contribution >= 4 is 49.4 Å². The Bertz CT molecular complexity index is 415. The highest BCUT2D eigenvalue weighted by Gasteiger charge is 2.56. The fourth-order valence-electron chi connectivity index (χ4n) is 1.58. The summed E-state index contributed by atoms with van der Waals surface area (Å²) >= 11 is 6.07. The number of aliphatic carboxylic acids is 1. The Morgan fingerprint density at radius 2 is 1.05 bits per heavy atom. The molecule has 0 heterocycles. The Kier molecular flexibility index (Phi) is 6.34. The van der Waals surface area contributed by atoms with Crippen molar-refractivity contribution in [1.29, 1.82) is 0 Å². The lowest BCUT2D eigenvalue weighted by atomic mass is 9.72.